The predicted octanol–water partition coefficient (Wildman–Crippen LogP) is 4.54. The molecule has 156 valence electrons. The quantitative estimate of drug-likeness (QED) is 0.676. The van der Waals surface area contributed by atoms with E-state index in [4.69, 9.17) is 0 Å². The average Bonchev–Trinajstić information content (AvgIpc) is 2.97. The summed E-state index contributed by atoms with van der Waals surface area (Å²) in [6.07, 6.45) is -4.48. The molecular weight excluding hydrogens is 403 g/mol. The van der Waals surface area contributed by atoms with Crippen LogP contribution in [-0.2, 0) is 16.2 Å². The number of alkyl halides is 3. The van der Waals surface area contributed by atoms with Crippen molar-refractivity contribution in [3.05, 3.63) is 65.2 Å². The normalized spacial score (nSPS) is 20.0. The van der Waals surface area contributed by atoms with Crippen LogP contribution in [0.15, 0.2) is 53.4 Å². The molecule has 0 bridgehead atoms. The van der Waals surface area contributed by atoms with Gasteiger partial charge in [0.2, 0.25) is 10.0 Å². The summed E-state index contributed by atoms with van der Waals surface area (Å²) in [4.78, 5) is 13.1. The first-order valence-electron chi connectivity index (χ1n) is 9.11. The van der Waals surface area contributed by atoms with Crippen LogP contribution in [0.1, 0.15) is 35.3 Å². The number of sulfonamides is 1. The van der Waals surface area contributed by atoms with E-state index in [0.29, 0.717) is 0 Å². The molecule has 0 spiro atoms. The van der Waals surface area contributed by atoms with E-state index in [2.05, 4.69) is 0 Å². The molecule has 0 N–H and O–H groups in total. The van der Waals surface area contributed by atoms with Gasteiger partial charge in [0, 0.05) is 24.6 Å². The lowest BCUT2D eigenvalue weighted by Crippen LogP contribution is -2.30. The van der Waals surface area contributed by atoms with Crippen molar-refractivity contribution in [3.8, 4) is 0 Å². The molecule has 0 aliphatic carbocycles. The van der Waals surface area contributed by atoms with Gasteiger partial charge < -0.3 is 0 Å². The van der Waals surface area contributed by atoms with Crippen LogP contribution in [0.3, 0.4) is 0 Å². The fourth-order valence-electron chi connectivity index (χ4n) is 3.58. The second-order valence-corrected chi connectivity index (χ2v) is 10.0. The summed E-state index contributed by atoms with van der Waals surface area (Å²) in [5.74, 6) is -1.01. The molecule has 3 rings (SSSR count). The van der Waals surface area contributed by atoms with Crippen LogP contribution in [-0.4, -0.2) is 31.6 Å². The molecule has 0 aromatic heterocycles. The number of carbonyl (C=O) groups excluding carboxylic acids is 1. The smallest absolute Gasteiger partial charge is 0.294 e. The monoisotopic (exact) mass is 425 g/mol. The van der Waals surface area contributed by atoms with Crippen molar-refractivity contribution in [2.24, 2.45) is 11.3 Å². The number of rotatable bonds is 4. The first-order chi connectivity index (χ1) is 13.3. The van der Waals surface area contributed by atoms with Gasteiger partial charge in [-0.15, -0.1) is 0 Å². The molecule has 2 aromatic carbocycles. The van der Waals surface area contributed by atoms with Gasteiger partial charge in [0.25, 0.3) is 0 Å². The molecule has 0 radical (unpaired) electrons. The van der Waals surface area contributed by atoms with Gasteiger partial charge in [0.15, 0.2) is 5.78 Å². The Morgan fingerprint density at radius 1 is 1.03 bits per heavy atom. The summed E-state index contributed by atoms with van der Waals surface area (Å²) in [7, 11) is -3.77. The van der Waals surface area contributed by atoms with Crippen molar-refractivity contribution in [3.63, 3.8) is 0 Å². The highest BCUT2D eigenvalue weighted by atomic mass is 32.2. The van der Waals surface area contributed by atoms with Crippen LogP contribution in [0.5, 0.6) is 0 Å². The lowest BCUT2D eigenvalue weighted by molar-refractivity contribution is -0.137. The molecule has 1 aliphatic rings. The Hall–Kier alpha value is -2.19. The Labute approximate surface area is 168 Å². The third-order valence-corrected chi connectivity index (χ3v) is 7.21. The van der Waals surface area contributed by atoms with Crippen LogP contribution in [0, 0.1) is 18.3 Å². The highest BCUT2D eigenvalue weighted by molar-refractivity contribution is 7.89. The van der Waals surface area contributed by atoms with Gasteiger partial charge in [0.05, 0.1) is 10.5 Å². The van der Waals surface area contributed by atoms with Gasteiger partial charge in [-0.2, -0.15) is 17.5 Å². The van der Waals surface area contributed by atoms with E-state index in [1.165, 1.54) is 16.4 Å². The molecule has 4 nitrogen and oxygen atoms in total. The van der Waals surface area contributed by atoms with E-state index < -0.39 is 33.1 Å². The number of Topliss-reactive ketones (excluding diaryl/α,β-unsaturated/α-hetero) is 1. The minimum absolute atomic E-state index is 0.0108. The third kappa shape index (κ3) is 4.23. The molecule has 0 saturated carbocycles. The molecule has 0 amide bonds. The summed E-state index contributed by atoms with van der Waals surface area (Å²) in [6.45, 7) is 5.59. The first-order valence-corrected chi connectivity index (χ1v) is 10.5. The summed E-state index contributed by atoms with van der Waals surface area (Å²) >= 11 is 0. The van der Waals surface area contributed by atoms with Gasteiger partial charge >= 0.3 is 6.18 Å². The topological polar surface area (TPSA) is 54.5 Å². The molecular formula is C21H22F3NO3S. The molecule has 1 aliphatic heterocycles. The lowest BCUT2D eigenvalue weighted by Gasteiger charge is -2.24. The maximum atomic E-state index is 13.0. The number of halogens is 3. The molecule has 1 atom stereocenters. The SMILES string of the molecule is Cc1ccc(S(=O)(=O)N2CC(C(=O)c3ccc(C(F)(F)F)cc3)C(C)(C)C2)cc1. The first kappa shape index (κ1) is 21.5. The van der Waals surface area contributed by atoms with E-state index in [1.54, 1.807) is 26.0 Å². The number of hydrogen-bond acceptors (Lipinski definition) is 3. The zero-order valence-electron chi connectivity index (χ0n) is 16.3. The Morgan fingerprint density at radius 2 is 1.59 bits per heavy atom. The summed E-state index contributed by atoms with van der Waals surface area (Å²) in [6, 6.07) is 10.5. The van der Waals surface area contributed by atoms with Crippen molar-refractivity contribution in [2.45, 2.75) is 31.8 Å². The Balaban J connectivity index is 1.85. The van der Waals surface area contributed by atoms with Gasteiger partial charge in [-0.05, 0) is 36.6 Å². The molecule has 1 heterocycles. The maximum absolute atomic E-state index is 13.0. The number of carbonyl (C=O) groups is 1. The molecule has 2 aromatic rings. The minimum atomic E-state index is -4.48. The molecule has 1 saturated heterocycles. The lowest BCUT2D eigenvalue weighted by atomic mass is 9.78. The van der Waals surface area contributed by atoms with Crippen molar-refractivity contribution in [1.29, 1.82) is 0 Å². The van der Waals surface area contributed by atoms with Crippen molar-refractivity contribution < 1.29 is 26.4 Å². The second-order valence-electron chi connectivity index (χ2n) is 8.09. The zero-order valence-corrected chi connectivity index (χ0v) is 17.1. The van der Waals surface area contributed by atoms with Gasteiger partial charge in [0.1, 0.15) is 0 Å². The number of hydrogen-bond donors (Lipinski definition) is 0. The fourth-order valence-corrected chi connectivity index (χ4v) is 5.21. The number of aryl methyl sites for hydroxylation is 1. The number of benzene rings is 2. The predicted molar refractivity (Wildman–Crippen MR) is 103 cm³/mol. The fraction of sp³-hybridized carbons (Fsp3) is 0.381. The van der Waals surface area contributed by atoms with E-state index in [-0.39, 0.29) is 29.3 Å². The van der Waals surface area contributed by atoms with E-state index in [0.717, 1.165) is 29.8 Å². The van der Waals surface area contributed by atoms with Crippen molar-refractivity contribution >= 4 is 15.8 Å². The molecule has 8 heteroatoms. The van der Waals surface area contributed by atoms with Crippen LogP contribution in [0.4, 0.5) is 13.2 Å². The van der Waals surface area contributed by atoms with E-state index >= 15 is 0 Å². The molecule has 29 heavy (non-hydrogen) atoms. The highest BCUT2D eigenvalue weighted by Crippen LogP contribution is 2.40. The number of ketones is 1. The second kappa shape index (κ2) is 7.25. The standard InChI is InChI=1S/C21H22F3NO3S/c1-14-4-10-17(11-5-14)29(27,28)25-12-18(20(2,3)13-25)19(26)15-6-8-16(9-7-15)21(22,23)24/h4-11,18H,12-13H2,1-3H3. The Kier molecular flexibility index (Phi) is 5.38. The number of nitrogens with zero attached hydrogens (tertiary/aromatic N) is 1. The van der Waals surface area contributed by atoms with Crippen molar-refractivity contribution in [1.82, 2.24) is 4.31 Å². The zero-order chi connectivity index (χ0) is 21.6. The van der Waals surface area contributed by atoms with Crippen LogP contribution in [0.2, 0.25) is 0 Å². The van der Waals surface area contributed by atoms with Crippen molar-refractivity contribution in [2.75, 3.05) is 13.1 Å². The summed E-state index contributed by atoms with van der Waals surface area (Å²) in [5.41, 5.74) is -0.410. The van der Waals surface area contributed by atoms with E-state index in [9.17, 15) is 26.4 Å². The van der Waals surface area contributed by atoms with Gasteiger partial charge in [-0.25, -0.2) is 8.42 Å². The molecule has 1 unspecified atom stereocenters. The minimum Gasteiger partial charge on any atom is -0.294 e. The van der Waals surface area contributed by atoms with Gasteiger partial charge in [-0.3, -0.25) is 4.79 Å². The average molecular weight is 425 g/mol. The van der Waals surface area contributed by atoms with Crippen LogP contribution in [0.25, 0.3) is 0 Å². The Bertz CT molecular complexity index is 1010. The largest absolute Gasteiger partial charge is 0.416 e. The third-order valence-electron chi connectivity index (χ3n) is 5.39. The Morgan fingerprint density at radius 3 is 2.10 bits per heavy atom. The molecule has 1 fully saturated rings. The summed E-state index contributed by atoms with van der Waals surface area (Å²) in [5, 5.41) is 0. The van der Waals surface area contributed by atoms with E-state index in [1.807, 2.05) is 6.92 Å². The van der Waals surface area contributed by atoms with Crippen LogP contribution < -0.4 is 0 Å². The van der Waals surface area contributed by atoms with Crippen LogP contribution >= 0.6 is 0 Å². The summed E-state index contributed by atoms with van der Waals surface area (Å²) < 4.78 is 65.5. The van der Waals surface area contributed by atoms with Gasteiger partial charge in [-0.1, -0.05) is 43.7 Å². The highest BCUT2D eigenvalue weighted by Gasteiger charge is 2.47. The maximum Gasteiger partial charge on any atom is 0.416 e.